The van der Waals surface area contributed by atoms with E-state index in [0.717, 1.165) is 30.9 Å². The maximum Gasteiger partial charge on any atom is 0.124 e. The lowest BCUT2D eigenvalue weighted by atomic mass is 9.76. The average Bonchev–Trinajstić information content (AvgIpc) is 3.33. The van der Waals surface area contributed by atoms with Crippen molar-refractivity contribution < 1.29 is 9.47 Å². The van der Waals surface area contributed by atoms with E-state index >= 15 is 0 Å². The van der Waals surface area contributed by atoms with Crippen LogP contribution in [0.4, 0.5) is 5.69 Å². The van der Waals surface area contributed by atoms with Gasteiger partial charge in [-0.1, -0.05) is 68.7 Å². The van der Waals surface area contributed by atoms with E-state index in [9.17, 15) is 0 Å². The second kappa shape index (κ2) is 9.28. The Balaban J connectivity index is 1.47. The zero-order valence-corrected chi connectivity index (χ0v) is 19.1. The molecule has 1 aliphatic heterocycles. The van der Waals surface area contributed by atoms with E-state index in [1.807, 2.05) is 0 Å². The van der Waals surface area contributed by atoms with E-state index in [2.05, 4.69) is 79.0 Å². The van der Waals surface area contributed by atoms with E-state index in [0.29, 0.717) is 11.8 Å². The summed E-state index contributed by atoms with van der Waals surface area (Å²) in [5.74, 6) is 2.80. The quantitative estimate of drug-likeness (QED) is 0.296. The summed E-state index contributed by atoms with van der Waals surface area (Å²) < 4.78 is 12.0. The first-order chi connectivity index (χ1) is 15.8. The van der Waals surface area contributed by atoms with Crippen molar-refractivity contribution in [3.63, 3.8) is 0 Å². The second-order valence-electron chi connectivity index (χ2n) is 9.04. The van der Waals surface area contributed by atoms with Crippen molar-refractivity contribution in [2.45, 2.75) is 51.0 Å². The van der Waals surface area contributed by atoms with Gasteiger partial charge in [-0.15, -0.1) is 0 Å². The Morgan fingerprint density at radius 1 is 1.00 bits per heavy atom. The number of hydrogen-bond acceptors (Lipinski definition) is 3. The van der Waals surface area contributed by atoms with Crippen molar-refractivity contribution in [1.82, 2.24) is 0 Å². The predicted molar refractivity (Wildman–Crippen MR) is 133 cm³/mol. The maximum atomic E-state index is 6.10. The summed E-state index contributed by atoms with van der Waals surface area (Å²) in [5, 5.41) is 6.41. The predicted octanol–water partition coefficient (Wildman–Crippen LogP) is 7.63. The summed E-state index contributed by atoms with van der Waals surface area (Å²) in [6.07, 6.45) is 10.7. The van der Waals surface area contributed by atoms with Crippen molar-refractivity contribution >= 4 is 16.5 Å². The van der Waals surface area contributed by atoms with Gasteiger partial charge in [0.05, 0.1) is 19.8 Å². The molecule has 1 aliphatic carbocycles. The third-order valence-electron chi connectivity index (χ3n) is 7.06. The number of hydrogen-bond donors (Lipinski definition) is 1. The SMILES string of the molecule is CCCCCCOc1ccc2c(c1)C1C=CCC1C(c1c(OC)ccc3ccccc13)N2. The van der Waals surface area contributed by atoms with Gasteiger partial charge in [0.1, 0.15) is 11.5 Å². The molecule has 3 nitrogen and oxygen atoms in total. The largest absolute Gasteiger partial charge is 0.496 e. The van der Waals surface area contributed by atoms with Crippen LogP contribution in [0.1, 0.15) is 62.1 Å². The molecule has 3 atom stereocenters. The molecule has 0 amide bonds. The molecule has 3 unspecified atom stereocenters. The van der Waals surface area contributed by atoms with Gasteiger partial charge in [-0.3, -0.25) is 0 Å². The molecule has 32 heavy (non-hydrogen) atoms. The number of methoxy groups -OCH3 is 1. The van der Waals surface area contributed by atoms with Gasteiger partial charge in [0.2, 0.25) is 0 Å². The molecule has 166 valence electrons. The third-order valence-corrected chi connectivity index (χ3v) is 7.06. The maximum absolute atomic E-state index is 6.10. The first kappa shape index (κ1) is 20.9. The van der Waals surface area contributed by atoms with Crippen LogP contribution in [0.15, 0.2) is 66.7 Å². The Labute approximate surface area is 191 Å². The molecule has 0 saturated heterocycles. The van der Waals surface area contributed by atoms with Gasteiger partial charge in [0.25, 0.3) is 0 Å². The topological polar surface area (TPSA) is 30.5 Å². The van der Waals surface area contributed by atoms with E-state index in [1.165, 1.54) is 46.8 Å². The van der Waals surface area contributed by atoms with Crippen molar-refractivity contribution in [2.75, 3.05) is 19.0 Å². The molecule has 0 aromatic heterocycles. The summed E-state index contributed by atoms with van der Waals surface area (Å²) in [7, 11) is 1.78. The number of benzene rings is 3. The highest BCUT2D eigenvalue weighted by molar-refractivity contribution is 5.89. The molecule has 2 aliphatic rings. The number of nitrogens with one attached hydrogen (secondary N) is 1. The van der Waals surface area contributed by atoms with Crippen LogP contribution in [0.25, 0.3) is 10.8 Å². The number of anilines is 1. The van der Waals surface area contributed by atoms with E-state index in [1.54, 1.807) is 7.11 Å². The van der Waals surface area contributed by atoms with Gasteiger partial charge < -0.3 is 14.8 Å². The molecule has 5 rings (SSSR count). The lowest BCUT2D eigenvalue weighted by Crippen LogP contribution is -2.29. The van der Waals surface area contributed by atoms with E-state index in [4.69, 9.17) is 9.47 Å². The lowest BCUT2D eigenvalue weighted by molar-refractivity contribution is 0.304. The molecule has 1 N–H and O–H groups in total. The minimum absolute atomic E-state index is 0.198. The first-order valence-corrected chi connectivity index (χ1v) is 12.1. The van der Waals surface area contributed by atoms with Crippen molar-refractivity contribution in [3.8, 4) is 11.5 Å². The number of fused-ring (bicyclic) bond motifs is 4. The van der Waals surface area contributed by atoms with Gasteiger partial charge in [0, 0.05) is 17.2 Å². The fraction of sp³-hybridized carbons (Fsp3) is 0.379. The van der Waals surface area contributed by atoms with Crippen LogP contribution in [0.2, 0.25) is 0 Å². The number of allylic oxidation sites excluding steroid dienone is 2. The number of rotatable bonds is 8. The molecular formula is C29H33NO2. The smallest absolute Gasteiger partial charge is 0.124 e. The van der Waals surface area contributed by atoms with Crippen LogP contribution in [0, 0.1) is 5.92 Å². The molecule has 0 fully saturated rings. The highest BCUT2D eigenvalue weighted by Gasteiger charge is 2.39. The third kappa shape index (κ3) is 3.85. The number of unbranched alkanes of at least 4 members (excludes halogenated alkanes) is 3. The van der Waals surface area contributed by atoms with Gasteiger partial charge in [-0.2, -0.15) is 0 Å². The average molecular weight is 428 g/mol. The normalized spacial score (nSPS) is 21.1. The highest BCUT2D eigenvalue weighted by atomic mass is 16.5. The van der Waals surface area contributed by atoms with Crippen LogP contribution >= 0.6 is 0 Å². The minimum atomic E-state index is 0.198. The molecule has 0 bridgehead atoms. The van der Waals surface area contributed by atoms with Crippen molar-refractivity contribution in [1.29, 1.82) is 0 Å². The Kier molecular flexibility index (Phi) is 6.07. The standard InChI is InChI=1S/C29H33NO2/c1-3-4-5-8-18-32-21-15-16-26-25(19-21)23-12-9-13-24(23)29(30-26)28-22-11-7-6-10-20(22)14-17-27(28)31-2/h6-7,9-12,14-17,19,23-24,29-30H,3-5,8,13,18H2,1-2H3. The Bertz CT molecular complexity index is 1120. The Morgan fingerprint density at radius 2 is 1.91 bits per heavy atom. The van der Waals surface area contributed by atoms with Gasteiger partial charge in [0.15, 0.2) is 0 Å². The van der Waals surface area contributed by atoms with E-state index < -0.39 is 0 Å². The minimum Gasteiger partial charge on any atom is -0.496 e. The van der Waals surface area contributed by atoms with Gasteiger partial charge in [-0.25, -0.2) is 0 Å². The first-order valence-electron chi connectivity index (χ1n) is 12.1. The molecule has 0 radical (unpaired) electrons. The molecule has 0 spiro atoms. The zero-order chi connectivity index (χ0) is 21.9. The molecule has 3 aromatic carbocycles. The summed E-state index contributed by atoms with van der Waals surface area (Å²) in [4.78, 5) is 0. The fourth-order valence-electron chi connectivity index (χ4n) is 5.44. The zero-order valence-electron chi connectivity index (χ0n) is 19.1. The van der Waals surface area contributed by atoms with Gasteiger partial charge >= 0.3 is 0 Å². The van der Waals surface area contributed by atoms with Crippen LogP contribution < -0.4 is 14.8 Å². The van der Waals surface area contributed by atoms with Crippen LogP contribution in [-0.4, -0.2) is 13.7 Å². The second-order valence-corrected chi connectivity index (χ2v) is 9.04. The van der Waals surface area contributed by atoms with Crippen LogP contribution in [0.5, 0.6) is 11.5 Å². The fourth-order valence-corrected chi connectivity index (χ4v) is 5.44. The molecular weight excluding hydrogens is 394 g/mol. The van der Waals surface area contributed by atoms with E-state index in [-0.39, 0.29) is 6.04 Å². The summed E-state index contributed by atoms with van der Waals surface area (Å²) in [5.41, 5.74) is 3.83. The van der Waals surface area contributed by atoms with Crippen molar-refractivity contribution in [2.24, 2.45) is 5.92 Å². The Morgan fingerprint density at radius 3 is 2.78 bits per heavy atom. The van der Waals surface area contributed by atoms with Crippen molar-refractivity contribution in [3.05, 3.63) is 77.9 Å². The molecule has 0 saturated carbocycles. The van der Waals surface area contributed by atoms with Crippen LogP contribution in [-0.2, 0) is 0 Å². The summed E-state index contributed by atoms with van der Waals surface area (Å²) >= 11 is 0. The monoisotopic (exact) mass is 427 g/mol. The van der Waals surface area contributed by atoms with Crippen LogP contribution in [0.3, 0.4) is 0 Å². The van der Waals surface area contributed by atoms with Gasteiger partial charge in [-0.05, 0) is 59.4 Å². The molecule has 1 heterocycles. The number of ether oxygens (including phenoxy) is 2. The molecule has 3 aromatic rings. The summed E-state index contributed by atoms with van der Waals surface area (Å²) in [6.45, 7) is 3.04. The summed E-state index contributed by atoms with van der Waals surface area (Å²) in [6, 6.07) is 19.7. The lowest BCUT2D eigenvalue weighted by Gasteiger charge is -2.38. The highest BCUT2D eigenvalue weighted by Crippen LogP contribution is 2.53. The Hall–Kier alpha value is -2.94. The molecule has 3 heteroatoms.